The summed E-state index contributed by atoms with van der Waals surface area (Å²) in [5.74, 6) is -0.0819. The smallest absolute Gasteiger partial charge is 0.319 e. The number of hydrogen-bond donors (Lipinski definition) is 4. The molecule has 0 aromatic heterocycles. The first-order valence-electron chi connectivity index (χ1n) is 8.84. The van der Waals surface area contributed by atoms with Crippen LogP contribution in [0.2, 0.25) is 0 Å². The number of phenols is 1. The fourth-order valence-corrected chi connectivity index (χ4v) is 3.18. The Morgan fingerprint density at radius 3 is 2.61 bits per heavy atom. The predicted molar refractivity (Wildman–Crippen MR) is 106 cm³/mol. The predicted octanol–water partition coefficient (Wildman–Crippen LogP) is 3.28. The molecule has 0 fully saturated rings. The van der Waals surface area contributed by atoms with Crippen LogP contribution >= 0.6 is 0 Å². The van der Waals surface area contributed by atoms with E-state index in [1.54, 1.807) is 19.1 Å². The number of anilines is 1. The number of allylic oxidation sites excluding steroid dienone is 1. The highest BCUT2D eigenvalue weighted by molar-refractivity contribution is 6.07. The molecule has 0 unspecified atom stereocenters. The lowest BCUT2D eigenvalue weighted by molar-refractivity contribution is -0.113. The van der Waals surface area contributed by atoms with Crippen molar-refractivity contribution in [3.8, 4) is 11.5 Å². The van der Waals surface area contributed by atoms with Gasteiger partial charge in [-0.3, -0.25) is 4.79 Å². The van der Waals surface area contributed by atoms with Gasteiger partial charge in [-0.05, 0) is 55.7 Å². The average molecular weight is 381 g/mol. The summed E-state index contributed by atoms with van der Waals surface area (Å²) in [6, 6.07) is 9.44. The highest BCUT2D eigenvalue weighted by Crippen LogP contribution is 2.34. The zero-order valence-corrected chi connectivity index (χ0v) is 16.2. The molecular weight excluding hydrogens is 358 g/mol. The fourth-order valence-electron chi connectivity index (χ4n) is 3.18. The van der Waals surface area contributed by atoms with E-state index in [1.807, 2.05) is 32.0 Å². The first-order chi connectivity index (χ1) is 13.3. The zero-order valence-electron chi connectivity index (χ0n) is 16.2. The van der Waals surface area contributed by atoms with Crippen molar-refractivity contribution >= 4 is 17.6 Å². The summed E-state index contributed by atoms with van der Waals surface area (Å²) in [4.78, 5) is 25.1. The Morgan fingerprint density at radius 1 is 1.14 bits per heavy atom. The molecule has 28 heavy (non-hydrogen) atoms. The molecule has 0 saturated heterocycles. The molecule has 2 aromatic rings. The number of phenolic OH excluding ortho intramolecular Hbond substituents is 1. The Balaban J connectivity index is 2.00. The molecule has 0 saturated carbocycles. The maximum atomic E-state index is 13.1. The summed E-state index contributed by atoms with van der Waals surface area (Å²) >= 11 is 0. The maximum absolute atomic E-state index is 13.1. The summed E-state index contributed by atoms with van der Waals surface area (Å²) in [6.45, 7) is 5.55. The molecule has 0 radical (unpaired) electrons. The normalized spacial score (nSPS) is 16.3. The Kier molecular flexibility index (Phi) is 5.26. The Labute approximate surface area is 163 Å². The number of hydrogen-bond acceptors (Lipinski definition) is 4. The van der Waals surface area contributed by atoms with Gasteiger partial charge in [-0.1, -0.05) is 18.2 Å². The van der Waals surface area contributed by atoms with Crippen LogP contribution in [0, 0.1) is 13.8 Å². The number of carbonyl (C=O) groups is 2. The van der Waals surface area contributed by atoms with E-state index in [1.165, 1.54) is 13.2 Å². The van der Waals surface area contributed by atoms with Gasteiger partial charge < -0.3 is 25.8 Å². The van der Waals surface area contributed by atoms with E-state index in [2.05, 4.69) is 16.0 Å². The molecule has 7 heteroatoms. The Bertz CT molecular complexity index is 982. The van der Waals surface area contributed by atoms with Gasteiger partial charge in [-0.25, -0.2) is 4.79 Å². The molecule has 0 aliphatic carbocycles. The maximum Gasteiger partial charge on any atom is 0.319 e. The monoisotopic (exact) mass is 381 g/mol. The molecule has 0 spiro atoms. The van der Waals surface area contributed by atoms with Crippen molar-refractivity contribution in [2.75, 3.05) is 12.4 Å². The van der Waals surface area contributed by atoms with Crippen LogP contribution in [-0.2, 0) is 4.79 Å². The van der Waals surface area contributed by atoms with Gasteiger partial charge in [0.1, 0.15) is 0 Å². The van der Waals surface area contributed by atoms with Crippen molar-refractivity contribution in [3.63, 3.8) is 0 Å². The van der Waals surface area contributed by atoms with Gasteiger partial charge in [0.15, 0.2) is 11.5 Å². The molecule has 0 bridgehead atoms. The van der Waals surface area contributed by atoms with Crippen LogP contribution in [0.5, 0.6) is 11.5 Å². The molecule has 3 amide bonds. The number of methoxy groups -OCH3 is 1. The lowest BCUT2D eigenvalue weighted by atomic mass is 9.94. The molecule has 146 valence electrons. The van der Waals surface area contributed by atoms with E-state index in [9.17, 15) is 14.7 Å². The highest BCUT2D eigenvalue weighted by Gasteiger charge is 2.31. The van der Waals surface area contributed by atoms with Crippen LogP contribution in [0.1, 0.15) is 29.7 Å². The van der Waals surface area contributed by atoms with Crippen molar-refractivity contribution < 1.29 is 19.4 Å². The number of nitrogens with one attached hydrogen (secondary N) is 3. The number of aromatic hydroxyl groups is 1. The van der Waals surface area contributed by atoms with Gasteiger partial charge in [-0.2, -0.15) is 0 Å². The summed E-state index contributed by atoms with van der Waals surface area (Å²) in [5.41, 5.74) is 4.14. The number of urea groups is 1. The number of carbonyl (C=O) groups excluding carboxylic acids is 2. The molecule has 1 aliphatic heterocycles. The first-order valence-corrected chi connectivity index (χ1v) is 8.84. The Morgan fingerprint density at radius 2 is 1.89 bits per heavy atom. The molecule has 7 nitrogen and oxygen atoms in total. The van der Waals surface area contributed by atoms with E-state index in [0.717, 1.165) is 11.1 Å². The molecule has 1 atom stereocenters. The van der Waals surface area contributed by atoms with E-state index in [-0.39, 0.29) is 17.4 Å². The second kappa shape index (κ2) is 7.64. The number of ether oxygens (including phenoxy) is 1. The Hall–Kier alpha value is -3.48. The van der Waals surface area contributed by atoms with Gasteiger partial charge in [0.05, 0.1) is 18.7 Å². The van der Waals surface area contributed by atoms with Crippen LogP contribution in [0.25, 0.3) is 0 Å². The van der Waals surface area contributed by atoms with Crippen LogP contribution in [0.3, 0.4) is 0 Å². The minimum atomic E-state index is -0.687. The fraction of sp³-hybridized carbons (Fsp3) is 0.238. The van der Waals surface area contributed by atoms with Gasteiger partial charge in [-0.15, -0.1) is 0 Å². The van der Waals surface area contributed by atoms with Crippen LogP contribution in [0.4, 0.5) is 10.5 Å². The standard InChI is InChI=1S/C21H23N3O4/c1-11-5-6-12(2)15(9-11)23-20(26)18-13(3)22-21(27)24-19(18)14-7-8-16(25)17(10-14)28-4/h5-10,19,25H,1-4H3,(H,23,26)(H2,22,24,27)/t19-/m1/s1. The largest absolute Gasteiger partial charge is 0.504 e. The first kappa shape index (κ1) is 19.3. The lowest BCUT2D eigenvalue weighted by Crippen LogP contribution is -2.46. The van der Waals surface area contributed by atoms with Crippen LogP contribution in [0.15, 0.2) is 47.7 Å². The minimum Gasteiger partial charge on any atom is -0.504 e. The molecule has 3 rings (SSSR count). The molecule has 2 aromatic carbocycles. The van der Waals surface area contributed by atoms with Crippen LogP contribution < -0.4 is 20.7 Å². The molecular formula is C21H23N3O4. The molecule has 4 N–H and O–H groups in total. The molecule has 1 heterocycles. The highest BCUT2D eigenvalue weighted by atomic mass is 16.5. The van der Waals surface area contributed by atoms with Gasteiger partial charge in [0.25, 0.3) is 5.91 Å². The van der Waals surface area contributed by atoms with E-state index in [4.69, 9.17) is 4.74 Å². The summed E-state index contributed by atoms with van der Waals surface area (Å²) in [6.07, 6.45) is 0. The average Bonchev–Trinajstić information content (AvgIpc) is 2.64. The van der Waals surface area contributed by atoms with Crippen molar-refractivity contribution in [1.82, 2.24) is 10.6 Å². The van der Waals surface area contributed by atoms with E-state index < -0.39 is 12.1 Å². The van der Waals surface area contributed by atoms with Crippen molar-refractivity contribution in [1.29, 1.82) is 0 Å². The summed E-state index contributed by atoms with van der Waals surface area (Å²) in [5, 5.41) is 18.2. The molecule has 1 aliphatic rings. The van der Waals surface area contributed by atoms with E-state index >= 15 is 0 Å². The van der Waals surface area contributed by atoms with E-state index in [0.29, 0.717) is 22.5 Å². The van der Waals surface area contributed by atoms with Gasteiger partial charge in [0.2, 0.25) is 0 Å². The second-order valence-corrected chi connectivity index (χ2v) is 6.77. The zero-order chi connectivity index (χ0) is 20.4. The number of rotatable bonds is 4. The third kappa shape index (κ3) is 3.78. The topological polar surface area (TPSA) is 99.7 Å². The SMILES string of the molecule is COc1cc([C@H]2NC(=O)NC(C)=C2C(=O)Nc2cc(C)ccc2C)ccc1O. The summed E-state index contributed by atoms with van der Waals surface area (Å²) in [7, 11) is 1.44. The minimum absolute atomic E-state index is 0.0198. The van der Waals surface area contributed by atoms with Crippen molar-refractivity contribution in [3.05, 3.63) is 64.4 Å². The van der Waals surface area contributed by atoms with Crippen molar-refractivity contribution in [2.45, 2.75) is 26.8 Å². The van der Waals surface area contributed by atoms with Gasteiger partial charge >= 0.3 is 6.03 Å². The summed E-state index contributed by atoms with van der Waals surface area (Å²) < 4.78 is 5.16. The third-order valence-corrected chi connectivity index (χ3v) is 4.69. The quantitative estimate of drug-likeness (QED) is 0.653. The number of amides is 3. The second-order valence-electron chi connectivity index (χ2n) is 6.77. The van der Waals surface area contributed by atoms with Gasteiger partial charge in [0, 0.05) is 11.4 Å². The number of aryl methyl sites for hydroxylation is 2. The number of benzene rings is 2. The van der Waals surface area contributed by atoms with Crippen molar-refractivity contribution in [2.24, 2.45) is 0 Å². The third-order valence-electron chi connectivity index (χ3n) is 4.69. The lowest BCUT2D eigenvalue weighted by Gasteiger charge is -2.29. The van der Waals surface area contributed by atoms with Crippen LogP contribution in [-0.4, -0.2) is 24.2 Å².